The summed E-state index contributed by atoms with van der Waals surface area (Å²) in [6, 6.07) is 31.3. The van der Waals surface area contributed by atoms with Crippen molar-refractivity contribution in [1.82, 2.24) is 5.32 Å². The van der Waals surface area contributed by atoms with E-state index in [1.807, 2.05) is 18.2 Å². The van der Waals surface area contributed by atoms with Crippen molar-refractivity contribution >= 4 is 12.2 Å². The van der Waals surface area contributed by atoms with Gasteiger partial charge in [-0.15, -0.1) is 0 Å². The SMILES string of the molecule is CCC(CC)C[C@H](NC(C)=O)C1C[C@@H](COC(c2ccccc2)(c2ccccc2)c2ccccc2)C[C@H]1C=O. The third-order valence-corrected chi connectivity index (χ3v) is 8.66. The molecule has 4 atom stereocenters. The van der Waals surface area contributed by atoms with Gasteiger partial charge in [-0.2, -0.15) is 0 Å². The van der Waals surface area contributed by atoms with Crippen LogP contribution in [0, 0.1) is 23.7 Å². The number of carbonyl (C=O) groups is 2. The highest BCUT2D eigenvalue weighted by molar-refractivity contribution is 5.73. The Morgan fingerprint density at radius 1 is 0.872 bits per heavy atom. The third kappa shape index (κ3) is 6.67. The lowest BCUT2D eigenvalue weighted by Gasteiger charge is -2.37. The quantitative estimate of drug-likeness (QED) is 0.190. The molecule has 4 heteroatoms. The van der Waals surface area contributed by atoms with Crippen LogP contribution in [0.25, 0.3) is 0 Å². The lowest BCUT2D eigenvalue weighted by Crippen LogP contribution is -2.42. The van der Waals surface area contributed by atoms with E-state index in [2.05, 4.69) is 92.0 Å². The number of nitrogens with one attached hydrogen (secondary N) is 1. The van der Waals surface area contributed by atoms with Crippen molar-refractivity contribution in [2.24, 2.45) is 23.7 Å². The Bertz CT molecular complexity index is 1060. The summed E-state index contributed by atoms with van der Waals surface area (Å²) in [6.07, 6.45) is 5.82. The molecule has 1 fully saturated rings. The van der Waals surface area contributed by atoms with Crippen molar-refractivity contribution in [3.63, 3.8) is 0 Å². The van der Waals surface area contributed by atoms with Gasteiger partial charge in [0.2, 0.25) is 5.91 Å². The Kier molecular flexibility index (Phi) is 10.1. The van der Waals surface area contributed by atoms with E-state index in [4.69, 9.17) is 4.74 Å². The van der Waals surface area contributed by atoms with Gasteiger partial charge >= 0.3 is 0 Å². The summed E-state index contributed by atoms with van der Waals surface area (Å²) in [5.74, 6) is 0.779. The molecule has 206 valence electrons. The summed E-state index contributed by atoms with van der Waals surface area (Å²) in [5.41, 5.74) is 2.46. The average molecular weight is 526 g/mol. The van der Waals surface area contributed by atoms with Crippen LogP contribution in [-0.2, 0) is 19.9 Å². The number of hydrogen-bond donors (Lipinski definition) is 1. The second-order valence-electron chi connectivity index (χ2n) is 11.1. The largest absolute Gasteiger partial charge is 0.361 e. The molecular formula is C35H43NO3. The molecule has 0 radical (unpaired) electrons. The summed E-state index contributed by atoms with van der Waals surface area (Å²) in [4.78, 5) is 24.4. The van der Waals surface area contributed by atoms with Crippen molar-refractivity contribution in [3.05, 3.63) is 108 Å². The molecule has 1 unspecified atom stereocenters. The highest BCUT2D eigenvalue weighted by atomic mass is 16.5. The lowest BCUT2D eigenvalue weighted by atomic mass is 9.80. The molecule has 1 saturated carbocycles. The second kappa shape index (κ2) is 13.7. The minimum Gasteiger partial charge on any atom is -0.361 e. The maximum absolute atomic E-state index is 12.3. The molecule has 0 heterocycles. The molecule has 0 bridgehead atoms. The van der Waals surface area contributed by atoms with Gasteiger partial charge < -0.3 is 14.8 Å². The minimum atomic E-state index is -0.773. The van der Waals surface area contributed by atoms with Gasteiger partial charge in [0, 0.05) is 18.9 Å². The van der Waals surface area contributed by atoms with Crippen LogP contribution in [0.2, 0.25) is 0 Å². The molecule has 1 aliphatic rings. The number of hydrogen-bond acceptors (Lipinski definition) is 3. The van der Waals surface area contributed by atoms with E-state index in [1.54, 1.807) is 6.92 Å². The Labute approximate surface area is 234 Å². The zero-order valence-electron chi connectivity index (χ0n) is 23.6. The highest BCUT2D eigenvalue weighted by Gasteiger charge is 2.43. The smallest absolute Gasteiger partial charge is 0.217 e. The fraction of sp³-hybridized carbons (Fsp3) is 0.429. The molecule has 4 nitrogen and oxygen atoms in total. The maximum atomic E-state index is 12.3. The van der Waals surface area contributed by atoms with E-state index < -0.39 is 5.60 Å². The van der Waals surface area contributed by atoms with Crippen molar-refractivity contribution < 1.29 is 14.3 Å². The molecule has 0 aliphatic heterocycles. The summed E-state index contributed by atoms with van der Waals surface area (Å²) in [7, 11) is 0. The topological polar surface area (TPSA) is 55.4 Å². The Morgan fingerprint density at radius 3 is 1.77 bits per heavy atom. The lowest BCUT2D eigenvalue weighted by molar-refractivity contribution is -0.121. The molecule has 3 aromatic carbocycles. The van der Waals surface area contributed by atoms with E-state index in [-0.39, 0.29) is 29.7 Å². The number of ether oxygens (including phenoxy) is 1. The summed E-state index contributed by atoms with van der Waals surface area (Å²) < 4.78 is 7.09. The van der Waals surface area contributed by atoms with Crippen LogP contribution in [0.3, 0.4) is 0 Å². The van der Waals surface area contributed by atoms with Crippen LogP contribution < -0.4 is 5.32 Å². The van der Waals surface area contributed by atoms with E-state index in [0.717, 1.165) is 55.1 Å². The third-order valence-electron chi connectivity index (χ3n) is 8.66. The van der Waals surface area contributed by atoms with E-state index in [9.17, 15) is 9.59 Å². The van der Waals surface area contributed by atoms with E-state index in [1.165, 1.54) is 0 Å². The van der Waals surface area contributed by atoms with Gasteiger partial charge in [-0.05, 0) is 53.7 Å². The summed E-state index contributed by atoms with van der Waals surface area (Å²) in [6.45, 7) is 6.52. The predicted molar refractivity (Wildman–Crippen MR) is 157 cm³/mol. The number of benzene rings is 3. The molecule has 0 saturated heterocycles. The molecule has 3 aromatic rings. The van der Waals surface area contributed by atoms with Crippen molar-refractivity contribution in [2.45, 2.75) is 64.5 Å². The first-order chi connectivity index (χ1) is 19.0. The van der Waals surface area contributed by atoms with Gasteiger partial charge in [-0.1, -0.05) is 118 Å². The van der Waals surface area contributed by atoms with Gasteiger partial charge in [0.1, 0.15) is 11.9 Å². The second-order valence-corrected chi connectivity index (χ2v) is 11.1. The molecular weight excluding hydrogens is 482 g/mol. The Hall–Kier alpha value is -3.24. The van der Waals surface area contributed by atoms with Gasteiger partial charge in [0.15, 0.2) is 0 Å². The zero-order valence-corrected chi connectivity index (χ0v) is 23.6. The predicted octanol–water partition coefficient (Wildman–Crippen LogP) is 7.17. The molecule has 1 aliphatic carbocycles. The summed E-state index contributed by atoms with van der Waals surface area (Å²) in [5, 5.41) is 3.22. The fourth-order valence-electron chi connectivity index (χ4n) is 6.57. The number of aldehydes is 1. The van der Waals surface area contributed by atoms with E-state index in [0.29, 0.717) is 12.5 Å². The first-order valence-electron chi connectivity index (χ1n) is 14.5. The van der Waals surface area contributed by atoms with Crippen molar-refractivity contribution in [1.29, 1.82) is 0 Å². The van der Waals surface area contributed by atoms with Crippen LogP contribution in [0.5, 0.6) is 0 Å². The molecule has 4 rings (SSSR count). The zero-order chi connectivity index (χ0) is 27.7. The van der Waals surface area contributed by atoms with Crippen LogP contribution >= 0.6 is 0 Å². The van der Waals surface area contributed by atoms with Gasteiger partial charge in [-0.3, -0.25) is 4.79 Å². The molecule has 1 amide bonds. The van der Waals surface area contributed by atoms with Crippen molar-refractivity contribution in [3.8, 4) is 0 Å². The fourth-order valence-corrected chi connectivity index (χ4v) is 6.57. The first kappa shape index (κ1) is 28.8. The van der Waals surface area contributed by atoms with Crippen LogP contribution in [0.15, 0.2) is 91.0 Å². The molecule has 39 heavy (non-hydrogen) atoms. The number of rotatable bonds is 13. The molecule has 1 N–H and O–H groups in total. The normalized spacial score (nSPS) is 20.1. The van der Waals surface area contributed by atoms with Gasteiger partial charge in [0.05, 0.1) is 6.61 Å². The number of carbonyl (C=O) groups excluding carboxylic acids is 2. The Morgan fingerprint density at radius 2 is 1.36 bits per heavy atom. The van der Waals surface area contributed by atoms with Crippen molar-refractivity contribution in [2.75, 3.05) is 6.61 Å². The van der Waals surface area contributed by atoms with Gasteiger partial charge in [0.25, 0.3) is 0 Å². The monoisotopic (exact) mass is 525 g/mol. The average Bonchev–Trinajstić information content (AvgIpc) is 3.40. The minimum absolute atomic E-state index is 0.00901. The van der Waals surface area contributed by atoms with Crippen LogP contribution in [0.4, 0.5) is 0 Å². The number of amides is 1. The standard InChI is InChI=1S/C35H43NO3/c1-4-27(5-2)23-34(36-26(3)38)33-22-28(21-29(33)24-37)25-39-35(30-15-9-6-10-16-30,31-17-11-7-12-18-31)32-19-13-8-14-20-32/h6-20,24,27-29,33-34H,4-5,21-23,25H2,1-3H3,(H,36,38)/t28-,29-,33?,34-/m0/s1. The molecule has 0 aromatic heterocycles. The maximum Gasteiger partial charge on any atom is 0.217 e. The van der Waals surface area contributed by atoms with Crippen LogP contribution in [0.1, 0.15) is 69.6 Å². The first-order valence-corrected chi connectivity index (χ1v) is 14.5. The van der Waals surface area contributed by atoms with Crippen LogP contribution in [-0.4, -0.2) is 24.8 Å². The van der Waals surface area contributed by atoms with Gasteiger partial charge in [-0.25, -0.2) is 0 Å². The van der Waals surface area contributed by atoms with E-state index >= 15 is 0 Å². The summed E-state index contributed by atoms with van der Waals surface area (Å²) >= 11 is 0. The highest BCUT2D eigenvalue weighted by Crippen LogP contribution is 2.44. The molecule has 0 spiro atoms. The Balaban J connectivity index is 1.65.